The quantitative estimate of drug-likeness (QED) is 0.704. The molecule has 0 bridgehead atoms. The van der Waals surface area contributed by atoms with Crippen molar-refractivity contribution in [3.8, 4) is 11.1 Å². The standard InChI is InChI=1S/C21H23FN2O3/c1-4-15-6-8-16(9-7-15)19-11-10-17(12-20(19)22)24-21(26)27-18(5-2)13-23-14(3)25/h6-13H,4-5H2,1-3H3,(H,23,25)(H,24,26)/b18-13+. The Balaban J connectivity index is 2.07. The SMILES string of the molecule is CC/C(=C\NC(C)=O)OC(=O)Nc1ccc(-c2ccc(CC)cc2)c(F)c1. The zero-order chi connectivity index (χ0) is 19.8. The van der Waals surface area contributed by atoms with E-state index in [1.165, 1.54) is 24.8 Å². The lowest BCUT2D eigenvalue weighted by Gasteiger charge is -2.10. The summed E-state index contributed by atoms with van der Waals surface area (Å²) in [6, 6.07) is 12.1. The van der Waals surface area contributed by atoms with Gasteiger partial charge in [-0.3, -0.25) is 10.1 Å². The molecule has 27 heavy (non-hydrogen) atoms. The van der Waals surface area contributed by atoms with Gasteiger partial charge in [0, 0.05) is 30.8 Å². The molecule has 0 aliphatic carbocycles. The fourth-order valence-electron chi connectivity index (χ4n) is 2.40. The number of benzene rings is 2. The number of carbonyl (C=O) groups is 2. The maximum atomic E-state index is 14.5. The van der Waals surface area contributed by atoms with Crippen LogP contribution in [0.5, 0.6) is 0 Å². The molecule has 0 radical (unpaired) electrons. The van der Waals surface area contributed by atoms with Gasteiger partial charge in [0.05, 0.1) is 0 Å². The van der Waals surface area contributed by atoms with Crippen LogP contribution in [0.25, 0.3) is 11.1 Å². The number of amides is 2. The van der Waals surface area contributed by atoms with Gasteiger partial charge in [0.2, 0.25) is 5.91 Å². The Morgan fingerprint density at radius 1 is 1.11 bits per heavy atom. The van der Waals surface area contributed by atoms with Crippen LogP contribution in [-0.4, -0.2) is 12.0 Å². The number of rotatable bonds is 6. The van der Waals surface area contributed by atoms with Gasteiger partial charge in [-0.05, 0) is 35.7 Å². The summed E-state index contributed by atoms with van der Waals surface area (Å²) in [5.41, 5.74) is 2.68. The Morgan fingerprint density at radius 2 is 1.81 bits per heavy atom. The van der Waals surface area contributed by atoms with E-state index < -0.39 is 11.9 Å². The van der Waals surface area contributed by atoms with Crippen LogP contribution in [-0.2, 0) is 16.0 Å². The predicted molar refractivity (Wildman–Crippen MR) is 104 cm³/mol. The third-order valence-corrected chi connectivity index (χ3v) is 3.90. The molecule has 2 aromatic carbocycles. The number of aryl methyl sites for hydroxylation is 1. The van der Waals surface area contributed by atoms with Crippen molar-refractivity contribution in [3.05, 3.63) is 65.8 Å². The van der Waals surface area contributed by atoms with E-state index in [9.17, 15) is 14.0 Å². The topological polar surface area (TPSA) is 67.4 Å². The molecule has 0 saturated carbocycles. The first kappa shape index (κ1) is 20.2. The van der Waals surface area contributed by atoms with Crippen LogP contribution in [0.4, 0.5) is 14.9 Å². The number of carbonyl (C=O) groups excluding carboxylic acids is 2. The molecule has 142 valence electrons. The average molecular weight is 370 g/mol. The number of hydrogen-bond acceptors (Lipinski definition) is 3. The molecule has 0 aromatic heterocycles. The van der Waals surface area contributed by atoms with Crippen molar-refractivity contribution in [3.63, 3.8) is 0 Å². The van der Waals surface area contributed by atoms with Crippen LogP contribution in [0.3, 0.4) is 0 Å². The highest BCUT2D eigenvalue weighted by Gasteiger charge is 2.10. The first-order valence-corrected chi connectivity index (χ1v) is 8.76. The molecule has 0 aliphatic rings. The van der Waals surface area contributed by atoms with Crippen LogP contribution >= 0.6 is 0 Å². The summed E-state index contributed by atoms with van der Waals surface area (Å²) in [7, 11) is 0. The van der Waals surface area contributed by atoms with Crippen LogP contribution in [0, 0.1) is 5.82 Å². The van der Waals surface area contributed by atoms with Gasteiger partial charge >= 0.3 is 6.09 Å². The van der Waals surface area contributed by atoms with E-state index in [1.54, 1.807) is 19.1 Å². The third kappa shape index (κ3) is 5.95. The minimum absolute atomic E-state index is 0.269. The second kappa shape index (κ2) is 9.52. The molecular formula is C21H23FN2O3. The zero-order valence-electron chi connectivity index (χ0n) is 15.6. The van der Waals surface area contributed by atoms with Crippen molar-refractivity contribution >= 4 is 17.7 Å². The molecular weight excluding hydrogens is 347 g/mol. The molecule has 0 heterocycles. The van der Waals surface area contributed by atoms with E-state index in [0.717, 1.165) is 12.0 Å². The lowest BCUT2D eigenvalue weighted by Crippen LogP contribution is -2.17. The predicted octanol–water partition coefficient (Wildman–Crippen LogP) is 4.99. The molecule has 6 heteroatoms. The Hall–Kier alpha value is -3.15. The minimum Gasteiger partial charge on any atom is -0.413 e. The molecule has 0 aliphatic heterocycles. The maximum Gasteiger partial charge on any atom is 0.416 e. The molecule has 0 saturated heterocycles. The molecule has 2 rings (SSSR count). The van der Waals surface area contributed by atoms with Crippen molar-refractivity contribution in [1.82, 2.24) is 5.32 Å². The van der Waals surface area contributed by atoms with Gasteiger partial charge < -0.3 is 10.1 Å². The summed E-state index contributed by atoms with van der Waals surface area (Å²) in [5, 5.41) is 4.92. The summed E-state index contributed by atoms with van der Waals surface area (Å²) in [6.45, 7) is 5.19. The van der Waals surface area contributed by atoms with Gasteiger partial charge in [0.1, 0.15) is 11.6 Å². The average Bonchev–Trinajstić information content (AvgIpc) is 2.65. The van der Waals surface area contributed by atoms with E-state index in [-0.39, 0.29) is 17.4 Å². The fraction of sp³-hybridized carbons (Fsp3) is 0.238. The van der Waals surface area contributed by atoms with Crippen molar-refractivity contribution in [2.24, 2.45) is 0 Å². The summed E-state index contributed by atoms with van der Waals surface area (Å²) in [4.78, 5) is 22.9. The summed E-state index contributed by atoms with van der Waals surface area (Å²) in [5.74, 6) is -0.424. The van der Waals surface area contributed by atoms with E-state index in [2.05, 4.69) is 17.6 Å². The van der Waals surface area contributed by atoms with Crippen LogP contribution in [0.1, 0.15) is 32.8 Å². The van der Waals surface area contributed by atoms with Gasteiger partial charge in [-0.25, -0.2) is 9.18 Å². The Labute approximate surface area is 158 Å². The number of nitrogens with one attached hydrogen (secondary N) is 2. The molecule has 0 atom stereocenters. The van der Waals surface area contributed by atoms with E-state index in [1.807, 2.05) is 24.3 Å². The smallest absolute Gasteiger partial charge is 0.413 e. The van der Waals surface area contributed by atoms with Gasteiger partial charge in [-0.2, -0.15) is 0 Å². The van der Waals surface area contributed by atoms with E-state index in [0.29, 0.717) is 12.0 Å². The van der Waals surface area contributed by atoms with E-state index in [4.69, 9.17) is 4.74 Å². The van der Waals surface area contributed by atoms with Gasteiger partial charge in [-0.15, -0.1) is 0 Å². The van der Waals surface area contributed by atoms with Crippen molar-refractivity contribution in [2.75, 3.05) is 5.32 Å². The lowest BCUT2D eigenvalue weighted by atomic mass is 10.0. The van der Waals surface area contributed by atoms with Gasteiger partial charge in [0.15, 0.2) is 0 Å². The largest absolute Gasteiger partial charge is 0.416 e. The molecule has 2 aromatic rings. The van der Waals surface area contributed by atoms with Crippen molar-refractivity contribution in [2.45, 2.75) is 33.6 Å². The Kier molecular flexibility index (Phi) is 7.11. The second-order valence-electron chi connectivity index (χ2n) is 5.92. The summed E-state index contributed by atoms with van der Waals surface area (Å²) >= 11 is 0. The maximum absolute atomic E-state index is 14.5. The molecule has 2 amide bonds. The van der Waals surface area contributed by atoms with Crippen molar-refractivity contribution in [1.29, 1.82) is 0 Å². The summed E-state index contributed by atoms with van der Waals surface area (Å²) in [6.07, 6.45) is 1.90. The second-order valence-corrected chi connectivity index (χ2v) is 5.92. The van der Waals surface area contributed by atoms with Crippen LogP contribution < -0.4 is 10.6 Å². The molecule has 0 fully saturated rings. The Bertz CT molecular complexity index is 845. The highest BCUT2D eigenvalue weighted by Crippen LogP contribution is 2.26. The van der Waals surface area contributed by atoms with Gasteiger partial charge in [0.25, 0.3) is 0 Å². The third-order valence-electron chi connectivity index (χ3n) is 3.90. The van der Waals surface area contributed by atoms with Crippen LogP contribution in [0.15, 0.2) is 54.4 Å². The lowest BCUT2D eigenvalue weighted by molar-refractivity contribution is -0.118. The first-order valence-electron chi connectivity index (χ1n) is 8.76. The van der Waals surface area contributed by atoms with Gasteiger partial charge in [-0.1, -0.05) is 38.1 Å². The first-order chi connectivity index (χ1) is 12.9. The highest BCUT2D eigenvalue weighted by atomic mass is 19.1. The monoisotopic (exact) mass is 370 g/mol. The van der Waals surface area contributed by atoms with E-state index >= 15 is 0 Å². The minimum atomic E-state index is -0.757. The molecule has 0 unspecified atom stereocenters. The zero-order valence-corrected chi connectivity index (χ0v) is 15.6. The molecule has 5 nitrogen and oxygen atoms in total. The Morgan fingerprint density at radius 3 is 2.37 bits per heavy atom. The number of ether oxygens (including phenoxy) is 1. The molecule has 2 N–H and O–H groups in total. The van der Waals surface area contributed by atoms with Crippen LogP contribution in [0.2, 0.25) is 0 Å². The number of halogens is 1. The fourth-order valence-corrected chi connectivity index (χ4v) is 2.40. The number of hydrogen-bond donors (Lipinski definition) is 2. The summed E-state index contributed by atoms with van der Waals surface area (Å²) < 4.78 is 19.6. The molecule has 0 spiro atoms. The highest BCUT2D eigenvalue weighted by molar-refractivity contribution is 5.86. The van der Waals surface area contributed by atoms with Crippen molar-refractivity contribution < 1.29 is 18.7 Å². The number of anilines is 1. The number of allylic oxidation sites excluding steroid dienone is 1. The normalized spacial score (nSPS) is 11.0.